The molecule has 0 bridgehead atoms. The molecule has 0 radical (unpaired) electrons. The van der Waals surface area contributed by atoms with Crippen molar-refractivity contribution in [2.45, 2.75) is 51.6 Å². The Hall–Kier alpha value is -0.390. The van der Waals surface area contributed by atoms with Crippen LogP contribution in [0, 0.1) is 0 Å². The van der Waals surface area contributed by atoms with Crippen molar-refractivity contribution in [3.8, 4) is 0 Å². The Balaban J connectivity index is 3.22. The zero-order valence-corrected chi connectivity index (χ0v) is 11.5. The number of esters is 1. The number of hydrogen-bond donors (Lipinski definition) is 0. The van der Waals surface area contributed by atoms with Crippen LogP contribution in [0.2, 0.25) is 0 Å². The van der Waals surface area contributed by atoms with E-state index in [0.29, 0.717) is 31.0 Å². The number of halogens is 3. The van der Waals surface area contributed by atoms with Crippen LogP contribution in [0.5, 0.6) is 0 Å². The maximum atomic E-state index is 11.8. The zero-order valence-electron chi connectivity index (χ0n) is 10.7. The van der Waals surface area contributed by atoms with Crippen LogP contribution in [-0.2, 0) is 9.53 Å². The summed E-state index contributed by atoms with van der Waals surface area (Å²) >= 11 is 1.42. The Morgan fingerprint density at radius 2 is 1.89 bits per heavy atom. The van der Waals surface area contributed by atoms with Gasteiger partial charge in [0, 0.05) is 6.42 Å². The van der Waals surface area contributed by atoms with Crippen LogP contribution in [0.15, 0.2) is 0 Å². The molecular formula is C12H21F3O2S. The van der Waals surface area contributed by atoms with Crippen LogP contribution in [0.1, 0.15) is 45.4 Å². The highest BCUT2D eigenvalue weighted by Crippen LogP contribution is 2.22. The molecule has 0 aromatic heterocycles. The molecule has 0 fully saturated rings. The summed E-state index contributed by atoms with van der Waals surface area (Å²) in [6.07, 6.45) is -1.47. The first-order chi connectivity index (χ1) is 8.45. The summed E-state index contributed by atoms with van der Waals surface area (Å²) in [5, 5.41) is 0. The molecule has 18 heavy (non-hydrogen) atoms. The van der Waals surface area contributed by atoms with Crippen molar-refractivity contribution in [3.05, 3.63) is 0 Å². The fourth-order valence-electron chi connectivity index (χ4n) is 1.23. The van der Waals surface area contributed by atoms with E-state index in [-0.39, 0.29) is 12.4 Å². The summed E-state index contributed by atoms with van der Waals surface area (Å²) in [7, 11) is 0. The molecule has 0 saturated heterocycles. The van der Waals surface area contributed by atoms with Gasteiger partial charge in [-0.2, -0.15) is 24.9 Å². The van der Waals surface area contributed by atoms with Crippen molar-refractivity contribution in [1.82, 2.24) is 0 Å². The largest absolute Gasteiger partial charge is 0.465 e. The van der Waals surface area contributed by atoms with Gasteiger partial charge in [-0.3, -0.25) is 4.79 Å². The Labute approximate surface area is 111 Å². The molecule has 0 unspecified atom stereocenters. The Morgan fingerprint density at radius 1 is 1.17 bits per heavy atom. The summed E-state index contributed by atoms with van der Waals surface area (Å²) in [6, 6.07) is 0. The van der Waals surface area contributed by atoms with Crippen molar-refractivity contribution in [2.24, 2.45) is 0 Å². The third-order valence-corrected chi connectivity index (χ3v) is 3.25. The molecule has 6 heteroatoms. The highest BCUT2D eigenvalue weighted by molar-refractivity contribution is 7.99. The van der Waals surface area contributed by atoms with E-state index >= 15 is 0 Å². The Bertz CT molecular complexity index is 220. The molecule has 0 aliphatic rings. The van der Waals surface area contributed by atoms with Crippen LogP contribution < -0.4 is 0 Å². The Kier molecular flexibility index (Phi) is 10.3. The van der Waals surface area contributed by atoms with Gasteiger partial charge < -0.3 is 4.74 Å². The van der Waals surface area contributed by atoms with E-state index in [0.717, 1.165) is 12.8 Å². The predicted molar refractivity (Wildman–Crippen MR) is 67.7 cm³/mol. The van der Waals surface area contributed by atoms with Gasteiger partial charge in [0.25, 0.3) is 0 Å². The molecule has 0 aliphatic heterocycles. The fourth-order valence-corrected chi connectivity index (χ4v) is 2.04. The van der Waals surface area contributed by atoms with Crippen molar-refractivity contribution in [1.29, 1.82) is 0 Å². The second-order valence-electron chi connectivity index (χ2n) is 4.05. The van der Waals surface area contributed by atoms with Gasteiger partial charge in [-0.15, -0.1) is 0 Å². The van der Waals surface area contributed by atoms with Crippen molar-refractivity contribution >= 4 is 17.7 Å². The average Bonchev–Trinajstić information content (AvgIpc) is 2.26. The van der Waals surface area contributed by atoms with Crippen LogP contribution in [0.25, 0.3) is 0 Å². The summed E-state index contributed by atoms with van der Waals surface area (Å²) in [4.78, 5) is 11.1. The maximum absolute atomic E-state index is 11.8. The lowest BCUT2D eigenvalue weighted by Crippen LogP contribution is -2.09. The third-order valence-electron chi connectivity index (χ3n) is 2.23. The molecule has 0 aliphatic carbocycles. The van der Waals surface area contributed by atoms with Crippen LogP contribution in [-0.4, -0.2) is 30.3 Å². The molecule has 2 nitrogen and oxygen atoms in total. The van der Waals surface area contributed by atoms with Crippen LogP contribution >= 0.6 is 11.8 Å². The number of unbranched alkanes of at least 4 members (excludes halogenated alkanes) is 3. The van der Waals surface area contributed by atoms with Crippen molar-refractivity contribution < 1.29 is 22.7 Å². The number of hydrogen-bond acceptors (Lipinski definition) is 3. The molecule has 108 valence electrons. The van der Waals surface area contributed by atoms with E-state index in [1.807, 2.05) is 6.92 Å². The molecule has 0 saturated carbocycles. The molecule has 0 aromatic carbocycles. The smallest absolute Gasteiger partial charge is 0.389 e. The molecule has 0 atom stereocenters. The number of rotatable bonds is 10. The quantitative estimate of drug-likeness (QED) is 0.445. The Morgan fingerprint density at radius 3 is 2.50 bits per heavy atom. The maximum Gasteiger partial charge on any atom is 0.389 e. The number of carbonyl (C=O) groups is 1. The number of thioether (sulfide) groups is 1. The number of alkyl halides is 3. The summed E-state index contributed by atoms with van der Waals surface area (Å²) < 4.78 is 40.4. The van der Waals surface area contributed by atoms with Gasteiger partial charge in [-0.05, 0) is 25.0 Å². The lowest BCUT2D eigenvalue weighted by molar-refractivity contribution is -0.140. The fraction of sp³-hybridized carbons (Fsp3) is 0.917. The zero-order chi connectivity index (χ0) is 13.9. The van der Waals surface area contributed by atoms with E-state index in [1.165, 1.54) is 11.8 Å². The minimum Gasteiger partial charge on any atom is -0.465 e. The lowest BCUT2D eigenvalue weighted by Gasteiger charge is -2.06. The van der Waals surface area contributed by atoms with E-state index < -0.39 is 12.6 Å². The summed E-state index contributed by atoms with van der Waals surface area (Å²) in [6.45, 7) is 2.48. The first-order valence-corrected chi connectivity index (χ1v) is 7.41. The second-order valence-corrected chi connectivity index (χ2v) is 5.16. The predicted octanol–water partition coefficient (Wildman–Crippen LogP) is 4.19. The lowest BCUT2D eigenvalue weighted by atomic mass is 10.2. The van der Waals surface area contributed by atoms with E-state index in [1.54, 1.807) is 0 Å². The highest BCUT2D eigenvalue weighted by atomic mass is 32.2. The molecule has 0 rings (SSSR count). The van der Waals surface area contributed by atoms with E-state index in [9.17, 15) is 18.0 Å². The van der Waals surface area contributed by atoms with Crippen molar-refractivity contribution in [3.63, 3.8) is 0 Å². The minimum absolute atomic E-state index is 0.172. The van der Waals surface area contributed by atoms with Gasteiger partial charge in [0.15, 0.2) is 0 Å². The molecule has 0 N–H and O–H groups in total. The summed E-state index contributed by atoms with van der Waals surface area (Å²) in [5.41, 5.74) is 0. The first kappa shape index (κ1) is 17.6. The van der Waals surface area contributed by atoms with Gasteiger partial charge in [-0.25, -0.2) is 0 Å². The molecular weight excluding hydrogens is 265 g/mol. The van der Waals surface area contributed by atoms with Gasteiger partial charge in [0.1, 0.15) is 0 Å². The van der Waals surface area contributed by atoms with Crippen LogP contribution in [0.3, 0.4) is 0 Å². The van der Waals surface area contributed by atoms with Gasteiger partial charge in [-0.1, -0.05) is 19.8 Å². The monoisotopic (exact) mass is 286 g/mol. The SMILES string of the molecule is CCCCOC(=O)CSCCCCCC(F)(F)F. The minimum atomic E-state index is -4.05. The van der Waals surface area contributed by atoms with Gasteiger partial charge >= 0.3 is 12.1 Å². The molecule has 0 spiro atoms. The molecule has 0 heterocycles. The molecule has 0 amide bonds. The van der Waals surface area contributed by atoms with Gasteiger partial charge in [0.05, 0.1) is 12.4 Å². The third kappa shape index (κ3) is 13.7. The highest BCUT2D eigenvalue weighted by Gasteiger charge is 2.25. The van der Waals surface area contributed by atoms with E-state index in [2.05, 4.69) is 0 Å². The number of ether oxygens (including phenoxy) is 1. The average molecular weight is 286 g/mol. The van der Waals surface area contributed by atoms with Gasteiger partial charge in [0.2, 0.25) is 0 Å². The topological polar surface area (TPSA) is 26.3 Å². The van der Waals surface area contributed by atoms with Crippen LogP contribution in [0.4, 0.5) is 13.2 Å². The first-order valence-electron chi connectivity index (χ1n) is 6.26. The standard InChI is InChI=1S/C12H21F3O2S/c1-2-3-8-17-11(16)10-18-9-6-4-5-7-12(13,14)15/h2-10H2,1H3. The normalized spacial score (nSPS) is 11.6. The molecule has 0 aromatic rings. The number of carbonyl (C=O) groups excluding carboxylic acids is 1. The van der Waals surface area contributed by atoms with Crippen molar-refractivity contribution in [2.75, 3.05) is 18.1 Å². The second kappa shape index (κ2) is 10.5. The summed E-state index contributed by atoms with van der Waals surface area (Å²) in [5.74, 6) is 0.771. The van der Waals surface area contributed by atoms with E-state index in [4.69, 9.17) is 4.74 Å².